The van der Waals surface area contributed by atoms with Crippen LogP contribution in [0.15, 0.2) is 72.9 Å². The minimum atomic E-state index is -3.15. The number of halogens is 3. The Morgan fingerprint density at radius 3 is 2.54 bits per heavy atom. The summed E-state index contributed by atoms with van der Waals surface area (Å²) in [4.78, 5) is 43.4. The zero-order chi connectivity index (χ0) is 29.4. The van der Waals surface area contributed by atoms with Crippen LogP contribution in [0.2, 0.25) is 0 Å². The van der Waals surface area contributed by atoms with E-state index in [2.05, 4.69) is 20.9 Å². The highest BCUT2D eigenvalue weighted by atomic mass is 19.3. The van der Waals surface area contributed by atoms with Crippen molar-refractivity contribution in [3.05, 3.63) is 95.4 Å². The molecule has 13 heteroatoms. The second kappa shape index (κ2) is 13.1. The molecule has 0 unspecified atom stereocenters. The van der Waals surface area contributed by atoms with Crippen LogP contribution in [0.1, 0.15) is 28.8 Å². The molecular formula is C28H28F3N5O5. The fourth-order valence-corrected chi connectivity index (χ4v) is 4.22. The molecule has 0 saturated carbocycles. The third-order valence-electron chi connectivity index (χ3n) is 6.22. The highest BCUT2D eigenvalue weighted by Gasteiger charge is 2.42. The Morgan fingerprint density at radius 2 is 1.83 bits per heavy atom. The molecule has 3 aromatic rings. The first-order chi connectivity index (χ1) is 19.6. The number of ether oxygens (including phenoxy) is 2. The molecule has 1 saturated heterocycles. The second-order valence-corrected chi connectivity index (χ2v) is 9.27. The lowest BCUT2D eigenvalue weighted by molar-refractivity contribution is -0.118. The quantitative estimate of drug-likeness (QED) is 0.336. The van der Waals surface area contributed by atoms with Gasteiger partial charge in [0.15, 0.2) is 0 Å². The third-order valence-corrected chi connectivity index (χ3v) is 6.22. The molecule has 0 spiro atoms. The minimum Gasteiger partial charge on any atom is -0.445 e. The van der Waals surface area contributed by atoms with Crippen molar-refractivity contribution in [1.29, 1.82) is 0 Å². The SMILES string of the molecule is COC[C@H](c1ccnc(NC(=O)[C@@H](NC(=O)OCc2ccccc2)c2ccc(F)cc2)c1)N1CC(F)(F)CNC1=O. The van der Waals surface area contributed by atoms with E-state index in [0.29, 0.717) is 5.56 Å². The van der Waals surface area contributed by atoms with Gasteiger partial charge in [-0.15, -0.1) is 0 Å². The van der Waals surface area contributed by atoms with Crippen LogP contribution in [0.5, 0.6) is 0 Å². The summed E-state index contributed by atoms with van der Waals surface area (Å²) in [6, 6.07) is 13.9. The molecule has 41 heavy (non-hydrogen) atoms. The van der Waals surface area contributed by atoms with Gasteiger partial charge in [-0.2, -0.15) is 0 Å². The number of nitrogens with one attached hydrogen (secondary N) is 3. The molecule has 4 amide bonds. The number of rotatable bonds is 10. The zero-order valence-corrected chi connectivity index (χ0v) is 22.0. The number of urea groups is 1. The van der Waals surface area contributed by atoms with E-state index < -0.39 is 54.9 Å². The van der Waals surface area contributed by atoms with Crippen molar-refractivity contribution in [2.45, 2.75) is 24.6 Å². The fourth-order valence-electron chi connectivity index (χ4n) is 4.22. The summed E-state index contributed by atoms with van der Waals surface area (Å²) >= 11 is 0. The summed E-state index contributed by atoms with van der Waals surface area (Å²) in [5.74, 6) is -4.40. The van der Waals surface area contributed by atoms with Crippen LogP contribution in [0.4, 0.5) is 28.6 Å². The summed E-state index contributed by atoms with van der Waals surface area (Å²) in [5, 5.41) is 7.23. The molecule has 2 atom stereocenters. The summed E-state index contributed by atoms with van der Waals surface area (Å²) in [5.41, 5.74) is 1.37. The van der Waals surface area contributed by atoms with E-state index >= 15 is 0 Å². The van der Waals surface area contributed by atoms with Crippen LogP contribution >= 0.6 is 0 Å². The molecule has 2 heterocycles. The van der Waals surface area contributed by atoms with E-state index in [9.17, 15) is 27.6 Å². The molecule has 4 rings (SSSR count). The molecule has 0 aliphatic carbocycles. The van der Waals surface area contributed by atoms with Gasteiger partial charge in [-0.05, 0) is 41.0 Å². The van der Waals surface area contributed by atoms with Crippen molar-refractivity contribution < 1.29 is 37.0 Å². The van der Waals surface area contributed by atoms with Crippen LogP contribution in [-0.2, 0) is 20.9 Å². The normalized spacial score (nSPS) is 15.8. The van der Waals surface area contributed by atoms with Crippen molar-refractivity contribution in [2.75, 3.05) is 32.1 Å². The maximum atomic E-state index is 14.1. The fraction of sp³-hybridized carbons (Fsp3) is 0.286. The first-order valence-electron chi connectivity index (χ1n) is 12.6. The van der Waals surface area contributed by atoms with Gasteiger partial charge in [0, 0.05) is 13.3 Å². The lowest BCUT2D eigenvalue weighted by Crippen LogP contribution is -2.58. The summed E-state index contributed by atoms with van der Waals surface area (Å²) in [7, 11) is 1.37. The molecule has 3 N–H and O–H groups in total. The third kappa shape index (κ3) is 7.94. The van der Waals surface area contributed by atoms with E-state index in [1.165, 1.54) is 37.6 Å². The molecule has 1 aliphatic heterocycles. The van der Waals surface area contributed by atoms with E-state index in [1.54, 1.807) is 24.3 Å². The van der Waals surface area contributed by atoms with Gasteiger partial charge in [-0.1, -0.05) is 42.5 Å². The lowest BCUT2D eigenvalue weighted by atomic mass is 10.0. The van der Waals surface area contributed by atoms with Gasteiger partial charge in [0.2, 0.25) is 0 Å². The minimum absolute atomic E-state index is 0.0179. The highest BCUT2D eigenvalue weighted by Crippen LogP contribution is 2.29. The molecule has 0 bridgehead atoms. The number of benzene rings is 2. The number of hydrogen-bond acceptors (Lipinski definition) is 6. The Hall–Kier alpha value is -4.65. The van der Waals surface area contributed by atoms with Crippen molar-refractivity contribution in [3.8, 4) is 0 Å². The second-order valence-electron chi connectivity index (χ2n) is 9.27. The number of nitrogens with zero attached hydrogens (tertiary/aromatic N) is 2. The number of alkyl carbamates (subject to hydrolysis) is 1. The largest absolute Gasteiger partial charge is 0.445 e. The summed E-state index contributed by atoms with van der Waals surface area (Å²) in [6.45, 7) is -1.74. The molecule has 0 radical (unpaired) electrons. The predicted molar refractivity (Wildman–Crippen MR) is 141 cm³/mol. The number of carbonyl (C=O) groups is 3. The smallest absolute Gasteiger partial charge is 0.408 e. The van der Waals surface area contributed by atoms with E-state index in [1.807, 2.05) is 6.07 Å². The zero-order valence-electron chi connectivity index (χ0n) is 22.0. The van der Waals surface area contributed by atoms with Gasteiger partial charge in [-0.25, -0.2) is 27.7 Å². The monoisotopic (exact) mass is 571 g/mol. The Labute approximate surface area is 233 Å². The number of aromatic nitrogens is 1. The van der Waals surface area contributed by atoms with Crippen LogP contribution in [0.25, 0.3) is 0 Å². The highest BCUT2D eigenvalue weighted by molar-refractivity contribution is 5.96. The van der Waals surface area contributed by atoms with Gasteiger partial charge in [0.25, 0.3) is 11.8 Å². The molecule has 1 aromatic heterocycles. The topological polar surface area (TPSA) is 122 Å². The molecular weight excluding hydrogens is 543 g/mol. The van der Waals surface area contributed by atoms with E-state index in [-0.39, 0.29) is 24.6 Å². The maximum Gasteiger partial charge on any atom is 0.408 e. The number of hydrogen-bond donors (Lipinski definition) is 3. The maximum absolute atomic E-state index is 14.1. The lowest BCUT2D eigenvalue weighted by Gasteiger charge is -2.38. The Kier molecular flexibility index (Phi) is 9.40. The van der Waals surface area contributed by atoms with Crippen molar-refractivity contribution >= 4 is 23.8 Å². The Morgan fingerprint density at radius 1 is 1.10 bits per heavy atom. The van der Waals surface area contributed by atoms with E-state index in [0.717, 1.165) is 22.6 Å². The number of alkyl halides is 2. The first kappa shape index (κ1) is 29.3. The van der Waals surface area contributed by atoms with Crippen LogP contribution in [0, 0.1) is 5.82 Å². The molecule has 216 valence electrons. The number of carbonyl (C=O) groups excluding carboxylic acids is 3. The van der Waals surface area contributed by atoms with Gasteiger partial charge in [0.1, 0.15) is 24.3 Å². The molecule has 1 fully saturated rings. The van der Waals surface area contributed by atoms with Gasteiger partial charge >= 0.3 is 12.1 Å². The predicted octanol–water partition coefficient (Wildman–Crippen LogP) is 4.17. The van der Waals surface area contributed by atoms with Gasteiger partial charge < -0.3 is 30.3 Å². The molecule has 2 aromatic carbocycles. The van der Waals surface area contributed by atoms with Crippen molar-refractivity contribution in [2.24, 2.45) is 0 Å². The van der Waals surface area contributed by atoms with Crippen molar-refractivity contribution in [1.82, 2.24) is 20.5 Å². The number of pyridine rings is 1. The van der Waals surface area contributed by atoms with Crippen molar-refractivity contribution in [3.63, 3.8) is 0 Å². The average molecular weight is 572 g/mol. The molecule has 1 aliphatic rings. The number of anilines is 1. The standard InChI is InChI=1S/C28H28F3N5O5/c1-40-15-22(36-17-28(30,31)16-33-26(36)38)20-11-12-32-23(13-20)34-25(37)24(19-7-9-21(29)10-8-19)35-27(39)41-14-18-5-3-2-4-6-18/h2-13,22,24H,14-17H2,1H3,(H,33,38)(H,35,39)(H,32,34,37)/t22-,24+/m1/s1. The average Bonchev–Trinajstić information content (AvgIpc) is 2.96. The summed E-state index contributed by atoms with van der Waals surface area (Å²) < 4.78 is 52.2. The Bertz CT molecular complexity index is 1360. The van der Waals surface area contributed by atoms with E-state index in [4.69, 9.17) is 9.47 Å². The Balaban J connectivity index is 1.52. The van der Waals surface area contributed by atoms with Gasteiger partial charge in [-0.3, -0.25) is 4.79 Å². The molecule has 10 nitrogen and oxygen atoms in total. The van der Waals surface area contributed by atoms with Crippen LogP contribution < -0.4 is 16.0 Å². The summed E-state index contributed by atoms with van der Waals surface area (Å²) in [6.07, 6.45) is 0.444. The van der Waals surface area contributed by atoms with Gasteiger partial charge in [0.05, 0.1) is 25.7 Å². The first-order valence-corrected chi connectivity index (χ1v) is 12.6. The van der Waals surface area contributed by atoms with Crippen LogP contribution in [0.3, 0.4) is 0 Å². The number of methoxy groups -OCH3 is 1. The number of amides is 4. The van der Waals surface area contributed by atoms with Crippen LogP contribution in [-0.4, -0.2) is 60.6 Å².